The van der Waals surface area contributed by atoms with Crippen LogP contribution in [0.1, 0.15) is 30.0 Å². The third-order valence-electron chi connectivity index (χ3n) is 6.33. The van der Waals surface area contributed by atoms with Crippen LogP contribution in [0.5, 0.6) is 0 Å². The lowest BCUT2D eigenvalue weighted by atomic mass is 9.91. The van der Waals surface area contributed by atoms with Crippen LogP contribution in [0.3, 0.4) is 0 Å². The number of benzene rings is 3. The number of carbonyl (C=O) groups is 1. The highest BCUT2D eigenvalue weighted by molar-refractivity contribution is 6.30. The van der Waals surface area contributed by atoms with Gasteiger partial charge in [0.1, 0.15) is 6.61 Å². The molecule has 5 rings (SSSR count). The molecular formula is C28H22ClF2N3O3. The molecule has 0 spiro atoms. The van der Waals surface area contributed by atoms with Crippen molar-refractivity contribution in [1.82, 2.24) is 9.99 Å². The number of H-pyrrole nitrogens is 1. The maximum absolute atomic E-state index is 14.0. The maximum Gasteiger partial charge on any atom is 0.279 e. The van der Waals surface area contributed by atoms with Crippen LogP contribution in [0.15, 0.2) is 88.8 Å². The van der Waals surface area contributed by atoms with Crippen LogP contribution < -0.4 is 5.56 Å². The largest absolute Gasteiger partial charge is 0.390 e. The molecule has 2 N–H and O–H groups in total. The molecule has 9 heteroatoms. The van der Waals surface area contributed by atoms with Gasteiger partial charge in [-0.2, -0.15) is 5.10 Å². The Balaban J connectivity index is 1.69. The molecule has 37 heavy (non-hydrogen) atoms. The van der Waals surface area contributed by atoms with Crippen molar-refractivity contribution in [3.63, 3.8) is 0 Å². The van der Waals surface area contributed by atoms with Crippen molar-refractivity contribution in [2.24, 2.45) is 5.10 Å². The van der Waals surface area contributed by atoms with E-state index < -0.39 is 36.5 Å². The summed E-state index contributed by atoms with van der Waals surface area (Å²) in [7, 11) is 0. The number of aromatic amines is 1. The van der Waals surface area contributed by atoms with E-state index in [-0.39, 0.29) is 12.0 Å². The molecule has 0 fully saturated rings. The SMILES string of the molecule is O=C(CC(F)(F)CO)N1N=C(c2c(-c3ccccc3)c3ccccc3[nH]c2=O)CC1c1ccc(Cl)cc1. The minimum absolute atomic E-state index is 0.124. The van der Waals surface area contributed by atoms with Crippen LogP contribution in [-0.4, -0.2) is 39.2 Å². The second-order valence-corrected chi connectivity index (χ2v) is 9.30. The number of carbonyl (C=O) groups excluding carboxylic acids is 1. The van der Waals surface area contributed by atoms with Gasteiger partial charge in [0.05, 0.1) is 23.7 Å². The van der Waals surface area contributed by atoms with E-state index in [1.54, 1.807) is 30.3 Å². The number of rotatable bonds is 6. The summed E-state index contributed by atoms with van der Waals surface area (Å²) >= 11 is 6.03. The first-order chi connectivity index (χ1) is 17.8. The molecule has 1 aliphatic heterocycles. The number of halogens is 3. The van der Waals surface area contributed by atoms with Gasteiger partial charge in [0.15, 0.2) is 0 Å². The molecule has 1 aromatic heterocycles. The van der Waals surface area contributed by atoms with Gasteiger partial charge in [-0.1, -0.05) is 72.3 Å². The number of alkyl halides is 2. The van der Waals surface area contributed by atoms with Crippen LogP contribution in [0.4, 0.5) is 8.78 Å². The molecule has 1 atom stereocenters. The van der Waals surface area contributed by atoms with Gasteiger partial charge >= 0.3 is 0 Å². The first kappa shape index (κ1) is 24.8. The normalized spacial score (nSPS) is 15.7. The zero-order valence-corrected chi connectivity index (χ0v) is 20.3. The highest BCUT2D eigenvalue weighted by Gasteiger charge is 2.40. The number of aliphatic hydroxyl groups excluding tert-OH is 1. The second kappa shape index (κ2) is 9.88. The van der Waals surface area contributed by atoms with Crippen molar-refractivity contribution in [2.75, 3.05) is 6.61 Å². The zero-order chi connectivity index (χ0) is 26.2. The first-order valence-electron chi connectivity index (χ1n) is 11.6. The molecule has 4 aromatic rings. The summed E-state index contributed by atoms with van der Waals surface area (Å²) in [5.74, 6) is -4.57. The number of hydrazone groups is 1. The number of amides is 1. The third-order valence-corrected chi connectivity index (χ3v) is 6.59. The minimum atomic E-state index is -3.60. The summed E-state index contributed by atoms with van der Waals surface area (Å²) in [5, 5.41) is 15.7. The molecule has 1 amide bonds. The van der Waals surface area contributed by atoms with Gasteiger partial charge < -0.3 is 10.1 Å². The minimum Gasteiger partial charge on any atom is -0.390 e. The predicted molar refractivity (Wildman–Crippen MR) is 139 cm³/mol. The molecule has 0 aliphatic carbocycles. The fraction of sp³-hybridized carbons (Fsp3) is 0.179. The number of aromatic nitrogens is 1. The van der Waals surface area contributed by atoms with Crippen molar-refractivity contribution in [2.45, 2.75) is 24.8 Å². The summed E-state index contributed by atoms with van der Waals surface area (Å²) in [6.07, 6.45) is -1.09. The molecular weight excluding hydrogens is 500 g/mol. The standard InChI is InChI=1S/C28H22ClF2N3O3/c29-19-12-10-17(11-13-19)23-14-22(33-34(23)24(36)15-28(30,31)16-35)26-25(18-6-2-1-3-7-18)20-8-4-5-9-21(20)32-27(26)37/h1-13,23,35H,14-16H2,(H,32,37). The molecule has 3 aromatic carbocycles. The highest BCUT2D eigenvalue weighted by atomic mass is 35.5. The van der Waals surface area contributed by atoms with E-state index in [1.807, 2.05) is 48.5 Å². The van der Waals surface area contributed by atoms with Crippen LogP contribution in [-0.2, 0) is 4.79 Å². The number of hydrogen-bond acceptors (Lipinski definition) is 4. The Morgan fingerprint density at radius 1 is 1.03 bits per heavy atom. The van der Waals surface area contributed by atoms with Crippen molar-refractivity contribution >= 4 is 34.1 Å². The number of fused-ring (bicyclic) bond motifs is 1. The number of pyridine rings is 1. The van der Waals surface area contributed by atoms with Gasteiger partial charge in [0, 0.05) is 27.9 Å². The van der Waals surface area contributed by atoms with Crippen LogP contribution in [0, 0.1) is 0 Å². The summed E-state index contributed by atoms with van der Waals surface area (Å²) < 4.78 is 27.9. The van der Waals surface area contributed by atoms with Gasteiger partial charge in [-0.05, 0) is 29.3 Å². The molecule has 0 bridgehead atoms. The molecule has 188 valence electrons. The lowest BCUT2D eigenvalue weighted by Gasteiger charge is -2.24. The average molecular weight is 522 g/mol. The summed E-state index contributed by atoms with van der Waals surface area (Å²) in [4.78, 5) is 29.3. The monoisotopic (exact) mass is 521 g/mol. The fourth-order valence-corrected chi connectivity index (χ4v) is 4.74. The van der Waals surface area contributed by atoms with Crippen molar-refractivity contribution in [1.29, 1.82) is 0 Å². The number of nitrogens with zero attached hydrogens (tertiary/aromatic N) is 2. The van der Waals surface area contributed by atoms with E-state index >= 15 is 0 Å². The Kier molecular flexibility index (Phi) is 6.62. The number of hydrogen-bond donors (Lipinski definition) is 2. The molecule has 1 unspecified atom stereocenters. The van der Waals surface area contributed by atoms with Crippen LogP contribution >= 0.6 is 11.6 Å². The van der Waals surface area contributed by atoms with Crippen molar-refractivity contribution in [3.8, 4) is 11.1 Å². The van der Waals surface area contributed by atoms with Crippen LogP contribution in [0.25, 0.3) is 22.0 Å². The van der Waals surface area contributed by atoms with E-state index in [1.165, 1.54) is 0 Å². The van der Waals surface area contributed by atoms with E-state index in [0.717, 1.165) is 16.0 Å². The first-order valence-corrected chi connectivity index (χ1v) is 12.0. The Morgan fingerprint density at radius 3 is 2.41 bits per heavy atom. The lowest BCUT2D eigenvalue weighted by molar-refractivity contribution is -0.143. The highest BCUT2D eigenvalue weighted by Crippen LogP contribution is 2.38. The van der Waals surface area contributed by atoms with Gasteiger partial charge in [-0.25, -0.2) is 13.8 Å². The fourth-order valence-electron chi connectivity index (χ4n) is 4.62. The predicted octanol–water partition coefficient (Wildman–Crippen LogP) is 5.54. The van der Waals surface area contributed by atoms with E-state index in [0.29, 0.717) is 27.4 Å². The average Bonchev–Trinajstić information content (AvgIpc) is 3.34. The van der Waals surface area contributed by atoms with Crippen molar-refractivity contribution in [3.05, 3.63) is 105 Å². The van der Waals surface area contributed by atoms with Gasteiger partial charge in [0.2, 0.25) is 5.91 Å². The Labute approximate surface area is 215 Å². The van der Waals surface area contributed by atoms with Gasteiger partial charge in [-0.15, -0.1) is 0 Å². The van der Waals surface area contributed by atoms with E-state index in [4.69, 9.17) is 16.7 Å². The summed E-state index contributed by atoms with van der Waals surface area (Å²) in [6, 6.07) is 22.6. The third kappa shape index (κ3) is 4.90. The second-order valence-electron chi connectivity index (χ2n) is 8.86. The Bertz CT molecular complexity index is 1550. The summed E-state index contributed by atoms with van der Waals surface area (Å²) in [6.45, 7) is -1.46. The molecule has 0 radical (unpaired) electrons. The zero-order valence-electron chi connectivity index (χ0n) is 19.5. The van der Waals surface area contributed by atoms with E-state index in [2.05, 4.69) is 10.1 Å². The molecule has 0 saturated heterocycles. The van der Waals surface area contributed by atoms with Gasteiger partial charge in [0.25, 0.3) is 11.5 Å². The Hall–Kier alpha value is -3.88. The lowest BCUT2D eigenvalue weighted by Crippen LogP contribution is -2.34. The number of para-hydroxylation sites is 1. The molecule has 1 aliphatic rings. The molecule has 6 nitrogen and oxygen atoms in total. The maximum atomic E-state index is 14.0. The smallest absolute Gasteiger partial charge is 0.279 e. The number of nitrogens with one attached hydrogen (secondary N) is 1. The number of aliphatic hydroxyl groups is 1. The Morgan fingerprint density at radius 2 is 1.70 bits per heavy atom. The molecule has 2 heterocycles. The van der Waals surface area contributed by atoms with Crippen LogP contribution in [0.2, 0.25) is 5.02 Å². The molecule has 0 saturated carbocycles. The summed E-state index contributed by atoms with van der Waals surface area (Å²) in [5.41, 5.74) is 2.85. The van der Waals surface area contributed by atoms with Gasteiger partial charge in [-0.3, -0.25) is 9.59 Å². The van der Waals surface area contributed by atoms with Crippen molar-refractivity contribution < 1.29 is 18.7 Å². The topological polar surface area (TPSA) is 85.8 Å². The quantitative estimate of drug-likeness (QED) is 0.349. The van der Waals surface area contributed by atoms with E-state index in [9.17, 15) is 18.4 Å².